The molecule has 0 saturated carbocycles. The van der Waals surface area contributed by atoms with Gasteiger partial charge in [0, 0.05) is 0 Å². The first-order valence-electron chi connectivity index (χ1n) is 3.81. The highest BCUT2D eigenvalue weighted by molar-refractivity contribution is 8.00. The number of nitrogen functional groups attached to an aromatic ring is 1. The van der Waals surface area contributed by atoms with Crippen LogP contribution in [0.3, 0.4) is 0 Å². The largest absolute Gasteiger partial charge is 0.384 e. The zero-order valence-electron chi connectivity index (χ0n) is 6.56. The Balaban J connectivity index is 2.02. The number of pyridine rings is 1. The summed E-state index contributed by atoms with van der Waals surface area (Å²) in [5.74, 6) is 0.584. The van der Waals surface area contributed by atoms with E-state index >= 15 is 0 Å². The summed E-state index contributed by atoms with van der Waals surface area (Å²) in [6.45, 7) is 1.67. The molecule has 0 unspecified atom stereocenters. The van der Waals surface area contributed by atoms with Crippen molar-refractivity contribution in [3.8, 4) is 0 Å². The summed E-state index contributed by atoms with van der Waals surface area (Å²) in [6.07, 6.45) is 0. The quantitative estimate of drug-likeness (QED) is 0.745. The molecule has 1 aliphatic rings. The number of hydrogen-bond acceptors (Lipinski definition) is 4. The third kappa shape index (κ3) is 1.70. The van der Waals surface area contributed by atoms with Gasteiger partial charge < -0.3 is 10.5 Å². The molecule has 1 fully saturated rings. The number of rotatable bonds is 2. The van der Waals surface area contributed by atoms with Crippen LogP contribution in [-0.2, 0) is 4.74 Å². The van der Waals surface area contributed by atoms with Crippen molar-refractivity contribution in [1.29, 1.82) is 0 Å². The molecule has 2 N–H and O–H groups in total. The molecular weight excluding hydrogens is 172 g/mol. The van der Waals surface area contributed by atoms with Crippen molar-refractivity contribution in [3.63, 3.8) is 0 Å². The summed E-state index contributed by atoms with van der Waals surface area (Å²) in [4.78, 5) is 4.18. The Hall–Kier alpha value is -0.740. The molecule has 0 spiro atoms. The Morgan fingerprint density at radius 1 is 1.50 bits per heavy atom. The van der Waals surface area contributed by atoms with Crippen molar-refractivity contribution >= 4 is 17.6 Å². The van der Waals surface area contributed by atoms with Crippen LogP contribution in [0.1, 0.15) is 0 Å². The van der Waals surface area contributed by atoms with Crippen LogP contribution in [0, 0.1) is 0 Å². The Labute approximate surface area is 75.3 Å². The minimum atomic E-state index is 0.569. The van der Waals surface area contributed by atoms with Gasteiger partial charge in [-0.2, -0.15) is 0 Å². The molecule has 0 aromatic carbocycles. The Morgan fingerprint density at radius 2 is 2.33 bits per heavy atom. The van der Waals surface area contributed by atoms with Gasteiger partial charge in [-0.25, -0.2) is 4.98 Å². The van der Waals surface area contributed by atoms with E-state index in [9.17, 15) is 0 Å². The summed E-state index contributed by atoms with van der Waals surface area (Å²) in [7, 11) is 0. The van der Waals surface area contributed by atoms with E-state index in [1.807, 2.05) is 12.1 Å². The number of ether oxygens (including phenoxy) is 1. The fourth-order valence-corrected chi connectivity index (χ4v) is 1.93. The number of nitrogens with two attached hydrogens (primary N) is 1. The predicted octanol–water partition coefficient (Wildman–Crippen LogP) is 1.15. The van der Waals surface area contributed by atoms with Crippen molar-refractivity contribution in [2.75, 3.05) is 18.9 Å². The van der Waals surface area contributed by atoms with Crippen molar-refractivity contribution in [1.82, 2.24) is 4.98 Å². The molecule has 1 aromatic heterocycles. The lowest BCUT2D eigenvalue weighted by Crippen LogP contribution is -2.30. The molecule has 2 rings (SSSR count). The fourth-order valence-electron chi connectivity index (χ4n) is 0.949. The molecular formula is C8H10N2OS. The molecule has 0 radical (unpaired) electrons. The monoisotopic (exact) mass is 182 g/mol. The van der Waals surface area contributed by atoms with E-state index in [0.29, 0.717) is 11.1 Å². The summed E-state index contributed by atoms with van der Waals surface area (Å²) in [5.41, 5.74) is 5.54. The second-order valence-corrected chi connectivity index (χ2v) is 4.00. The number of aromatic nitrogens is 1. The van der Waals surface area contributed by atoms with Crippen molar-refractivity contribution in [2.24, 2.45) is 0 Å². The van der Waals surface area contributed by atoms with E-state index in [2.05, 4.69) is 4.98 Å². The zero-order chi connectivity index (χ0) is 8.39. The normalized spacial score (nSPS) is 17.3. The standard InChI is InChI=1S/C8H10N2OS/c9-7-2-1-3-8(10-7)12-6-4-11-5-6/h1-3,6H,4-5H2,(H2,9,10). The van der Waals surface area contributed by atoms with Gasteiger partial charge in [0.1, 0.15) is 5.82 Å². The minimum absolute atomic E-state index is 0.569. The topological polar surface area (TPSA) is 48.1 Å². The van der Waals surface area contributed by atoms with Gasteiger partial charge in [0.2, 0.25) is 0 Å². The maximum Gasteiger partial charge on any atom is 0.124 e. The highest BCUT2D eigenvalue weighted by atomic mass is 32.2. The smallest absolute Gasteiger partial charge is 0.124 e. The molecule has 64 valence electrons. The molecule has 0 bridgehead atoms. The highest BCUT2D eigenvalue weighted by Crippen LogP contribution is 2.26. The van der Waals surface area contributed by atoms with Crippen molar-refractivity contribution < 1.29 is 4.74 Å². The first kappa shape index (κ1) is 7.89. The second-order valence-electron chi connectivity index (χ2n) is 2.68. The van der Waals surface area contributed by atoms with Gasteiger partial charge in [-0.1, -0.05) is 17.8 Å². The fraction of sp³-hybridized carbons (Fsp3) is 0.375. The van der Waals surface area contributed by atoms with E-state index in [1.54, 1.807) is 17.8 Å². The molecule has 0 aliphatic carbocycles. The Morgan fingerprint density at radius 3 is 2.92 bits per heavy atom. The average Bonchev–Trinajstić information content (AvgIpc) is 1.97. The van der Waals surface area contributed by atoms with Crippen molar-refractivity contribution in [3.05, 3.63) is 18.2 Å². The van der Waals surface area contributed by atoms with Gasteiger partial charge in [0.05, 0.1) is 23.5 Å². The molecule has 3 nitrogen and oxygen atoms in total. The SMILES string of the molecule is Nc1cccc(SC2COC2)n1. The van der Waals surface area contributed by atoms with E-state index in [-0.39, 0.29) is 0 Å². The van der Waals surface area contributed by atoms with Crippen LogP contribution < -0.4 is 5.73 Å². The lowest BCUT2D eigenvalue weighted by atomic mass is 10.4. The van der Waals surface area contributed by atoms with E-state index in [0.717, 1.165) is 18.2 Å². The maximum absolute atomic E-state index is 5.54. The first-order valence-corrected chi connectivity index (χ1v) is 4.69. The molecule has 1 aromatic rings. The molecule has 4 heteroatoms. The van der Waals surface area contributed by atoms with Crippen LogP contribution in [0.4, 0.5) is 5.82 Å². The third-order valence-corrected chi connectivity index (χ3v) is 2.71. The van der Waals surface area contributed by atoms with Gasteiger partial charge in [-0.05, 0) is 12.1 Å². The lowest BCUT2D eigenvalue weighted by molar-refractivity contribution is 0.0455. The number of anilines is 1. The van der Waals surface area contributed by atoms with Gasteiger partial charge in [-0.3, -0.25) is 0 Å². The molecule has 12 heavy (non-hydrogen) atoms. The van der Waals surface area contributed by atoms with Crippen LogP contribution in [-0.4, -0.2) is 23.4 Å². The van der Waals surface area contributed by atoms with Crippen LogP contribution in [0.2, 0.25) is 0 Å². The van der Waals surface area contributed by atoms with Crippen LogP contribution in [0.15, 0.2) is 23.2 Å². The summed E-state index contributed by atoms with van der Waals surface area (Å²) >= 11 is 1.73. The third-order valence-electron chi connectivity index (χ3n) is 1.64. The van der Waals surface area contributed by atoms with Crippen LogP contribution >= 0.6 is 11.8 Å². The van der Waals surface area contributed by atoms with Gasteiger partial charge in [-0.15, -0.1) is 0 Å². The highest BCUT2D eigenvalue weighted by Gasteiger charge is 2.19. The number of nitrogens with zero attached hydrogens (tertiary/aromatic N) is 1. The summed E-state index contributed by atoms with van der Waals surface area (Å²) < 4.78 is 5.06. The van der Waals surface area contributed by atoms with E-state index in [4.69, 9.17) is 10.5 Å². The Bertz CT molecular complexity index is 276. The maximum atomic E-state index is 5.54. The average molecular weight is 182 g/mol. The lowest BCUT2D eigenvalue weighted by Gasteiger charge is -2.24. The minimum Gasteiger partial charge on any atom is -0.384 e. The van der Waals surface area contributed by atoms with Gasteiger partial charge in [0.25, 0.3) is 0 Å². The number of hydrogen-bond donors (Lipinski definition) is 1. The second kappa shape index (κ2) is 3.33. The van der Waals surface area contributed by atoms with E-state index < -0.39 is 0 Å². The Kier molecular flexibility index (Phi) is 2.19. The van der Waals surface area contributed by atoms with Crippen LogP contribution in [0.5, 0.6) is 0 Å². The molecule has 0 amide bonds. The van der Waals surface area contributed by atoms with Crippen LogP contribution in [0.25, 0.3) is 0 Å². The van der Waals surface area contributed by atoms with Crippen molar-refractivity contribution in [2.45, 2.75) is 10.3 Å². The van der Waals surface area contributed by atoms with Gasteiger partial charge >= 0.3 is 0 Å². The molecule has 1 saturated heterocycles. The van der Waals surface area contributed by atoms with Gasteiger partial charge in [0.15, 0.2) is 0 Å². The summed E-state index contributed by atoms with van der Waals surface area (Å²) in [5, 5.41) is 1.56. The predicted molar refractivity (Wildman–Crippen MR) is 49.1 cm³/mol. The zero-order valence-corrected chi connectivity index (χ0v) is 7.38. The molecule has 0 atom stereocenters. The summed E-state index contributed by atoms with van der Waals surface area (Å²) in [6, 6.07) is 5.69. The van der Waals surface area contributed by atoms with E-state index in [1.165, 1.54) is 0 Å². The first-order chi connectivity index (χ1) is 5.84. The molecule has 2 heterocycles. The number of thioether (sulfide) groups is 1. The molecule has 1 aliphatic heterocycles.